The third-order valence-electron chi connectivity index (χ3n) is 3.15. The summed E-state index contributed by atoms with van der Waals surface area (Å²) in [7, 11) is 0. The van der Waals surface area contributed by atoms with E-state index in [0.29, 0.717) is 12.4 Å². The van der Waals surface area contributed by atoms with Gasteiger partial charge in [0.25, 0.3) is 0 Å². The zero-order valence-electron chi connectivity index (χ0n) is 11.5. The average molecular weight is 271 g/mol. The second-order valence-electron chi connectivity index (χ2n) is 4.77. The van der Waals surface area contributed by atoms with E-state index in [2.05, 4.69) is 17.2 Å². The molecular formula is C15H17N3O2. The van der Waals surface area contributed by atoms with Crippen LogP contribution in [0.3, 0.4) is 0 Å². The maximum atomic E-state index is 11.0. The number of anilines is 1. The lowest BCUT2D eigenvalue weighted by Gasteiger charge is -2.13. The van der Waals surface area contributed by atoms with E-state index in [0.717, 1.165) is 5.69 Å². The molecule has 0 spiro atoms. The molecule has 1 aromatic carbocycles. The van der Waals surface area contributed by atoms with E-state index in [4.69, 9.17) is 0 Å². The highest BCUT2D eigenvalue weighted by atomic mass is 16.6. The van der Waals surface area contributed by atoms with Crippen LogP contribution in [0.2, 0.25) is 0 Å². The number of aryl methyl sites for hydroxylation is 1. The summed E-state index contributed by atoms with van der Waals surface area (Å²) in [6.45, 7) is 4.49. The number of hydrogen-bond acceptors (Lipinski definition) is 4. The Morgan fingerprint density at radius 3 is 2.60 bits per heavy atom. The fraction of sp³-hybridized carbons (Fsp3) is 0.267. The Labute approximate surface area is 117 Å². The molecule has 0 fully saturated rings. The zero-order valence-corrected chi connectivity index (χ0v) is 11.5. The number of nitro groups is 1. The van der Waals surface area contributed by atoms with Crippen molar-refractivity contribution in [3.63, 3.8) is 0 Å². The quantitative estimate of drug-likeness (QED) is 0.667. The minimum Gasteiger partial charge on any atom is -0.364 e. The van der Waals surface area contributed by atoms with Crippen LogP contribution in [0.1, 0.15) is 24.1 Å². The highest BCUT2D eigenvalue weighted by Crippen LogP contribution is 2.23. The van der Waals surface area contributed by atoms with Crippen molar-refractivity contribution in [2.45, 2.75) is 19.8 Å². The third-order valence-corrected chi connectivity index (χ3v) is 3.15. The number of rotatable bonds is 5. The molecule has 0 bridgehead atoms. The van der Waals surface area contributed by atoms with Crippen LogP contribution in [-0.4, -0.2) is 16.5 Å². The Morgan fingerprint density at radius 1 is 1.25 bits per heavy atom. The zero-order chi connectivity index (χ0) is 14.5. The van der Waals surface area contributed by atoms with Gasteiger partial charge in [0.15, 0.2) is 0 Å². The van der Waals surface area contributed by atoms with E-state index >= 15 is 0 Å². The molecule has 5 nitrogen and oxygen atoms in total. The molecule has 0 aliphatic rings. The molecule has 5 heteroatoms. The van der Waals surface area contributed by atoms with Crippen molar-refractivity contribution in [1.82, 2.24) is 4.98 Å². The van der Waals surface area contributed by atoms with E-state index in [1.54, 1.807) is 6.07 Å². The molecule has 1 atom stereocenters. The van der Waals surface area contributed by atoms with E-state index in [9.17, 15) is 10.1 Å². The fourth-order valence-corrected chi connectivity index (χ4v) is 1.98. The van der Waals surface area contributed by atoms with Gasteiger partial charge in [-0.3, -0.25) is 10.1 Å². The van der Waals surface area contributed by atoms with Crippen molar-refractivity contribution in [3.8, 4) is 0 Å². The van der Waals surface area contributed by atoms with Crippen LogP contribution in [0, 0.1) is 17.0 Å². The molecule has 1 unspecified atom stereocenters. The lowest BCUT2D eigenvalue weighted by atomic mass is 10.0. The molecule has 0 saturated heterocycles. The van der Waals surface area contributed by atoms with Crippen LogP contribution in [0.5, 0.6) is 0 Å². The topological polar surface area (TPSA) is 68.1 Å². The standard InChI is InChI=1S/C15H17N3O2/c1-11(13-6-4-3-5-7-13)10-16-15-14(18(19)20)9-8-12(2)17-15/h3-9,11H,10H2,1-2H3,(H,16,17). The van der Waals surface area contributed by atoms with E-state index in [-0.39, 0.29) is 11.6 Å². The summed E-state index contributed by atoms with van der Waals surface area (Å²) in [6.07, 6.45) is 0. The van der Waals surface area contributed by atoms with Crippen molar-refractivity contribution >= 4 is 11.5 Å². The van der Waals surface area contributed by atoms with Crippen molar-refractivity contribution < 1.29 is 4.92 Å². The molecule has 104 valence electrons. The van der Waals surface area contributed by atoms with Crippen LogP contribution in [0.4, 0.5) is 11.5 Å². The molecule has 1 aromatic heterocycles. The summed E-state index contributed by atoms with van der Waals surface area (Å²) in [5.74, 6) is 0.580. The fourth-order valence-electron chi connectivity index (χ4n) is 1.98. The van der Waals surface area contributed by atoms with Gasteiger partial charge in [0, 0.05) is 18.3 Å². The first-order valence-electron chi connectivity index (χ1n) is 6.49. The number of hydrogen-bond donors (Lipinski definition) is 1. The molecule has 0 radical (unpaired) electrons. The molecule has 0 aliphatic carbocycles. The molecule has 0 amide bonds. The van der Waals surface area contributed by atoms with Crippen molar-refractivity contribution in [1.29, 1.82) is 0 Å². The molecule has 1 N–H and O–H groups in total. The lowest BCUT2D eigenvalue weighted by molar-refractivity contribution is -0.384. The van der Waals surface area contributed by atoms with Crippen molar-refractivity contribution in [3.05, 3.63) is 63.8 Å². The lowest BCUT2D eigenvalue weighted by Crippen LogP contribution is -2.12. The van der Waals surface area contributed by atoms with Gasteiger partial charge in [0.05, 0.1) is 4.92 Å². The van der Waals surface area contributed by atoms with Crippen molar-refractivity contribution in [2.75, 3.05) is 11.9 Å². The second-order valence-corrected chi connectivity index (χ2v) is 4.77. The largest absolute Gasteiger partial charge is 0.364 e. The highest BCUT2D eigenvalue weighted by molar-refractivity contribution is 5.56. The maximum absolute atomic E-state index is 11.0. The Morgan fingerprint density at radius 2 is 1.95 bits per heavy atom. The molecule has 0 aliphatic heterocycles. The minimum atomic E-state index is -0.415. The Balaban J connectivity index is 2.11. The number of benzene rings is 1. The monoisotopic (exact) mass is 271 g/mol. The average Bonchev–Trinajstić information content (AvgIpc) is 2.45. The van der Waals surface area contributed by atoms with Gasteiger partial charge in [-0.15, -0.1) is 0 Å². The van der Waals surface area contributed by atoms with E-state index in [1.807, 2.05) is 37.3 Å². The Bertz CT molecular complexity index is 599. The molecule has 0 saturated carbocycles. The van der Waals surface area contributed by atoms with Gasteiger partial charge in [-0.05, 0) is 24.5 Å². The van der Waals surface area contributed by atoms with Gasteiger partial charge >= 0.3 is 5.69 Å². The van der Waals surface area contributed by atoms with E-state index in [1.165, 1.54) is 11.6 Å². The first-order valence-corrected chi connectivity index (χ1v) is 6.49. The predicted molar refractivity (Wildman–Crippen MR) is 79.0 cm³/mol. The van der Waals surface area contributed by atoms with Gasteiger partial charge in [0.1, 0.15) is 0 Å². The van der Waals surface area contributed by atoms with Gasteiger partial charge in [-0.25, -0.2) is 4.98 Å². The molecule has 2 aromatic rings. The Kier molecular flexibility index (Phi) is 4.30. The third kappa shape index (κ3) is 3.32. The SMILES string of the molecule is Cc1ccc([N+](=O)[O-])c(NCC(C)c2ccccc2)n1. The number of pyridine rings is 1. The number of aromatic nitrogens is 1. The summed E-state index contributed by atoms with van der Waals surface area (Å²) >= 11 is 0. The van der Waals surface area contributed by atoms with Crippen LogP contribution < -0.4 is 5.32 Å². The highest BCUT2D eigenvalue weighted by Gasteiger charge is 2.16. The molecule has 1 heterocycles. The summed E-state index contributed by atoms with van der Waals surface area (Å²) in [5, 5.41) is 14.1. The van der Waals surface area contributed by atoms with Gasteiger partial charge < -0.3 is 5.32 Å². The van der Waals surface area contributed by atoms with Crippen molar-refractivity contribution in [2.24, 2.45) is 0 Å². The normalized spacial score (nSPS) is 11.9. The number of nitrogens with zero attached hydrogens (tertiary/aromatic N) is 2. The van der Waals surface area contributed by atoms with Crippen LogP contribution in [-0.2, 0) is 0 Å². The van der Waals surface area contributed by atoms with E-state index < -0.39 is 4.92 Å². The molecule has 2 rings (SSSR count). The Hall–Kier alpha value is -2.43. The summed E-state index contributed by atoms with van der Waals surface area (Å²) in [5.41, 5.74) is 1.96. The maximum Gasteiger partial charge on any atom is 0.311 e. The van der Waals surface area contributed by atoms with Gasteiger partial charge in [-0.1, -0.05) is 37.3 Å². The predicted octanol–water partition coefficient (Wildman–Crippen LogP) is 3.51. The molecule has 20 heavy (non-hydrogen) atoms. The second kappa shape index (κ2) is 6.14. The van der Waals surface area contributed by atoms with Gasteiger partial charge in [0.2, 0.25) is 5.82 Å². The smallest absolute Gasteiger partial charge is 0.311 e. The number of nitrogens with one attached hydrogen (secondary N) is 1. The summed E-state index contributed by atoms with van der Waals surface area (Å²) in [4.78, 5) is 14.8. The van der Waals surface area contributed by atoms with Crippen LogP contribution >= 0.6 is 0 Å². The first kappa shape index (κ1) is 14.0. The van der Waals surface area contributed by atoms with Crippen LogP contribution in [0.15, 0.2) is 42.5 Å². The van der Waals surface area contributed by atoms with Gasteiger partial charge in [-0.2, -0.15) is 0 Å². The first-order chi connectivity index (χ1) is 9.58. The minimum absolute atomic E-state index is 0.0101. The molecular weight excluding hydrogens is 254 g/mol. The summed E-state index contributed by atoms with van der Waals surface area (Å²) in [6, 6.07) is 13.2. The van der Waals surface area contributed by atoms with Crippen LogP contribution in [0.25, 0.3) is 0 Å². The summed E-state index contributed by atoms with van der Waals surface area (Å²) < 4.78 is 0.